The molecular formula is C16H17N5S. The Morgan fingerprint density at radius 1 is 1.09 bits per heavy atom. The molecule has 0 aliphatic carbocycles. The zero-order chi connectivity index (χ0) is 14.8. The number of hydrogen-bond donors (Lipinski definition) is 0. The van der Waals surface area contributed by atoms with Gasteiger partial charge in [-0.1, -0.05) is 0 Å². The molecule has 0 spiro atoms. The van der Waals surface area contributed by atoms with Crippen LogP contribution < -0.4 is 4.90 Å². The van der Waals surface area contributed by atoms with Crippen molar-refractivity contribution in [3.8, 4) is 0 Å². The fraction of sp³-hybridized carbons (Fsp3) is 0.312. The summed E-state index contributed by atoms with van der Waals surface area (Å²) in [5.41, 5.74) is 3.59. The van der Waals surface area contributed by atoms with E-state index in [0.29, 0.717) is 0 Å². The van der Waals surface area contributed by atoms with Crippen LogP contribution in [0.2, 0.25) is 0 Å². The average Bonchev–Trinajstić information content (AvgIpc) is 3.08. The summed E-state index contributed by atoms with van der Waals surface area (Å²) in [4.78, 5) is 13.3. The van der Waals surface area contributed by atoms with E-state index < -0.39 is 0 Å². The highest BCUT2D eigenvalue weighted by atomic mass is 32.1. The number of piperazine rings is 1. The fourth-order valence-electron chi connectivity index (χ4n) is 2.90. The number of anilines is 1. The van der Waals surface area contributed by atoms with Gasteiger partial charge in [-0.05, 0) is 35.3 Å². The second-order valence-corrected chi connectivity index (χ2v) is 6.22. The van der Waals surface area contributed by atoms with Crippen molar-refractivity contribution in [3.05, 3.63) is 47.9 Å². The largest absolute Gasteiger partial charge is 0.369 e. The second kappa shape index (κ2) is 5.98. The number of benzene rings is 1. The molecule has 0 atom stereocenters. The lowest BCUT2D eigenvalue weighted by Crippen LogP contribution is -2.45. The van der Waals surface area contributed by atoms with Gasteiger partial charge in [-0.25, -0.2) is 14.3 Å². The molecule has 0 saturated carbocycles. The Kier molecular flexibility index (Phi) is 3.70. The lowest BCUT2D eigenvalue weighted by atomic mass is 10.2. The van der Waals surface area contributed by atoms with E-state index in [9.17, 15) is 0 Å². The van der Waals surface area contributed by atoms with E-state index in [0.717, 1.165) is 43.6 Å². The minimum Gasteiger partial charge on any atom is -0.369 e. The van der Waals surface area contributed by atoms with Crippen LogP contribution in [-0.4, -0.2) is 45.4 Å². The van der Waals surface area contributed by atoms with Gasteiger partial charge in [-0.2, -0.15) is 0 Å². The molecule has 0 N–H and O–H groups in total. The maximum absolute atomic E-state index is 4.28. The molecule has 3 aromatic rings. The molecule has 1 saturated heterocycles. The predicted octanol–water partition coefficient (Wildman–Crippen LogP) is 2.41. The van der Waals surface area contributed by atoms with Crippen LogP contribution >= 0.6 is 11.5 Å². The van der Waals surface area contributed by atoms with Crippen molar-refractivity contribution in [1.82, 2.24) is 19.2 Å². The zero-order valence-corrected chi connectivity index (χ0v) is 13.0. The molecular weight excluding hydrogens is 294 g/mol. The topological polar surface area (TPSA) is 45.2 Å². The van der Waals surface area contributed by atoms with Gasteiger partial charge in [0.2, 0.25) is 0 Å². The first-order valence-electron chi connectivity index (χ1n) is 7.44. The molecule has 0 radical (unpaired) electrons. The van der Waals surface area contributed by atoms with E-state index in [-0.39, 0.29) is 0 Å². The molecule has 2 aromatic heterocycles. The molecule has 1 aliphatic rings. The van der Waals surface area contributed by atoms with Crippen molar-refractivity contribution in [1.29, 1.82) is 0 Å². The summed E-state index contributed by atoms with van der Waals surface area (Å²) in [5.74, 6) is 0. The van der Waals surface area contributed by atoms with Crippen molar-refractivity contribution in [2.45, 2.75) is 6.54 Å². The molecule has 4 rings (SSSR count). The Morgan fingerprint density at radius 2 is 2.00 bits per heavy atom. The summed E-state index contributed by atoms with van der Waals surface area (Å²) in [5, 5.41) is 3.24. The Morgan fingerprint density at radius 3 is 2.82 bits per heavy atom. The van der Waals surface area contributed by atoms with Crippen molar-refractivity contribution in [2.75, 3.05) is 31.1 Å². The third kappa shape index (κ3) is 2.80. The van der Waals surface area contributed by atoms with Crippen LogP contribution in [0.5, 0.6) is 0 Å². The predicted molar refractivity (Wildman–Crippen MR) is 89.1 cm³/mol. The van der Waals surface area contributed by atoms with E-state index >= 15 is 0 Å². The zero-order valence-electron chi connectivity index (χ0n) is 12.2. The van der Waals surface area contributed by atoms with Gasteiger partial charge in [0.25, 0.3) is 0 Å². The summed E-state index contributed by atoms with van der Waals surface area (Å²) in [6.45, 7) is 5.28. The third-order valence-corrected chi connectivity index (χ3v) is 4.75. The Bertz CT molecular complexity index is 750. The van der Waals surface area contributed by atoms with Gasteiger partial charge >= 0.3 is 0 Å². The van der Waals surface area contributed by atoms with Crippen LogP contribution in [0.15, 0.2) is 42.3 Å². The molecule has 6 heteroatoms. The van der Waals surface area contributed by atoms with E-state index in [4.69, 9.17) is 0 Å². The van der Waals surface area contributed by atoms with Gasteiger partial charge in [0, 0.05) is 61.6 Å². The smallest absolute Gasteiger partial charge is 0.116 e. The minimum absolute atomic E-state index is 1.00. The quantitative estimate of drug-likeness (QED) is 0.743. The highest BCUT2D eigenvalue weighted by Crippen LogP contribution is 2.22. The van der Waals surface area contributed by atoms with Crippen molar-refractivity contribution < 1.29 is 0 Å². The van der Waals surface area contributed by atoms with Gasteiger partial charge in [0.05, 0.1) is 5.52 Å². The molecule has 1 aromatic carbocycles. The van der Waals surface area contributed by atoms with E-state index in [1.54, 1.807) is 6.33 Å². The first-order chi connectivity index (χ1) is 10.9. The van der Waals surface area contributed by atoms with Crippen molar-refractivity contribution in [2.24, 2.45) is 0 Å². The summed E-state index contributed by atoms with van der Waals surface area (Å²) >= 11 is 1.53. The summed E-state index contributed by atoms with van der Waals surface area (Å²) in [7, 11) is 0. The molecule has 5 nitrogen and oxygen atoms in total. The fourth-order valence-corrected chi connectivity index (χ4v) is 3.42. The standard InChI is InChI=1S/C16H17N5S/c1-2-16-14(9-17-12-18-16)7-15(1)21-5-3-20(4-6-21)10-13-8-19-22-11-13/h1-2,7-9,11-12H,3-6,10H2. The monoisotopic (exact) mass is 311 g/mol. The van der Waals surface area contributed by atoms with Gasteiger partial charge < -0.3 is 4.90 Å². The molecule has 3 heterocycles. The average molecular weight is 311 g/mol. The van der Waals surface area contributed by atoms with Crippen LogP contribution in [0.1, 0.15) is 5.56 Å². The Labute approximate surface area is 133 Å². The first-order valence-corrected chi connectivity index (χ1v) is 8.27. The normalized spacial score (nSPS) is 16.3. The highest BCUT2D eigenvalue weighted by molar-refractivity contribution is 7.03. The van der Waals surface area contributed by atoms with Gasteiger partial charge in [0.15, 0.2) is 0 Å². The molecule has 0 unspecified atom stereocenters. The van der Waals surface area contributed by atoms with Gasteiger partial charge in [0.1, 0.15) is 6.33 Å². The number of aromatic nitrogens is 3. The SMILES string of the molecule is c1ncc2cc(N3CCN(Cc4cnsc4)CC3)ccc2n1. The minimum atomic E-state index is 1.00. The molecule has 1 aliphatic heterocycles. The van der Waals surface area contributed by atoms with Crippen LogP contribution in [0, 0.1) is 0 Å². The van der Waals surface area contributed by atoms with Crippen LogP contribution in [0.3, 0.4) is 0 Å². The number of fused-ring (bicyclic) bond motifs is 1. The summed E-state index contributed by atoms with van der Waals surface area (Å²) in [6, 6.07) is 6.43. The molecule has 0 bridgehead atoms. The van der Waals surface area contributed by atoms with E-state index in [1.165, 1.54) is 22.8 Å². The van der Waals surface area contributed by atoms with Crippen LogP contribution in [-0.2, 0) is 6.54 Å². The molecule has 1 fully saturated rings. The third-order valence-electron chi connectivity index (χ3n) is 4.12. The van der Waals surface area contributed by atoms with Gasteiger partial charge in [-0.15, -0.1) is 0 Å². The van der Waals surface area contributed by atoms with Crippen molar-refractivity contribution >= 4 is 28.1 Å². The van der Waals surface area contributed by atoms with Crippen LogP contribution in [0.25, 0.3) is 10.9 Å². The Balaban J connectivity index is 1.43. The maximum Gasteiger partial charge on any atom is 0.116 e. The summed E-state index contributed by atoms with van der Waals surface area (Å²) < 4.78 is 4.17. The summed E-state index contributed by atoms with van der Waals surface area (Å²) in [6.07, 6.45) is 5.45. The van der Waals surface area contributed by atoms with Crippen molar-refractivity contribution in [3.63, 3.8) is 0 Å². The molecule has 112 valence electrons. The number of rotatable bonds is 3. The lowest BCUT2D eigenvalue weighted by Gasteiger charge is -2.36. The molecule has 0 amide bonds. The lowest BCUT2D eigenvalue weighted by molar-refractivity contribution is 0.250. The van der Waals surface area contributed by atoms with Gasteiger partial charge in [-0.3, -0.25) is 4.90 Å². The van der Waals surface area contributed by atoms with E-state index in [1.807, 2.05) is 12.4 Å². The number of hydrogen-bond acceptors (Lipinski definition) is 6. The maximum atomic E-state index is 4.28. The van der Waals surface area contributed by atoms with E-state index in [2.05, 4.69) is 47.7 Å². The highest BCUT2D eigenvalue weighted by Gasteiger charge is 2.17. The second-order valence-electron chi connectivity index (χ2n) is 5.56. The Hall–Kier alpha value is -2.05. The first kappa shape index (κ1) is 13.6. The van der Waals surface area contributed by atoms with Crippen LogP contribution in [0.4, 0.5) is 5.69 Å². The number of nitrogens with zero attached hydrogens (tertiary/aromatic N) is 5. The molecule has 22 heavy (non-hydrogen) atoms.